The number of halogens is 1. The van der Waals surface area contributed by atoms with Gasteiger partial charge in [-0.1, -0.05) is 0 Å². The maximum absolute atomic E-state index is 10.5. The molecular formula is C12H12IO-. The zero-order valence-corrected chi connectivity index (χ0v) is 9.98. The standard InChI is InChI=1S/C12H12IO/c14-9-10-4-6-11(7-5-10)12-3-1-2-8-13-12/h1-2,4-7,9,12H,3,8H2/q-1. The first-order valence-electron chi connectivity index (χ1n) is 4.68. The number of alkyl halides is 2. The van der Waals surface area contributed by atoms with Gasteiger partial charge in [0.05, 0.1) is 0 Å². The van der Waals surface area contributed by atoms with E-state index in [2.05, 4.69) is 24.3 Å². The maximum atomic E-state index is 10.5. The number of aldehydes is 1. The molecule has 0 radical (unpaired) electrons. The van der Waals surface area contributed by atoms with Gasteiger partial charge in [-0.05, 0) is 0 Å². The summed E-state index contributed by atoms with van der Waals surface area (Å²) in [6.45, 7) is 0. The summed E-state index contributed by atoms with van der Waals surface area (Å²) in [6, 6.07) is 8.05. The topological polar surface area (TPSA) is 17.1 Å². The van der Waals surface area contributed by atoms with Crippen molar-refractivity contribution in [2.45, 2.75) is 10.3 Å². The molecular weight excluding hydrogens is 287 g/mol. The fourth-order valence-electron chi connectivity index (χ4n) is 1.51. The molecule has 0 fully saturated rings. The van der Waals surface area contributed by atoms with Crippen molar-refractivity contribution >= 4 is 6.29 Å². The number of hydrogen-bond acceptors (Lipinski definition) is 1. The van der Waals surface area contributed by atoms with Gasteiger partial charge in [-0.15, -0.1) is 0 Å². The van der Waals surface area contributed by atoms with Crippen LogP contribution in [0.1, 0.15) is 26.3 Å². The molecule has 0 aromatic heterocycles. The van der Waals surface area contributed by atoms with Gasteiger partial charge >= 0.3 is 94.6 Å². The average Bonchev–Trinajstić information content (AvgIpc) is 2.30. The molecule has 0 aliphatic carbocycles. The Bertz CT molecular complexity index is 340. The Labute approximate surface area is 94.5 Å². The van der Waals surface area contributed by atoms with Gasteiger partial charge in [0.15, 0.2) is 0 Å². The fraction of sp³-hybridized carbons (Fsp3) is 0.250. The van der Waals surface area contributed by atoms with Crippen molar-refractivity contribution in [2.24, 2.45) is 0 Å². The molecule has 1 aliphatic rings. The molecule has 0 saturated heterocycles. The Hall–Kier alpha value is -0.640. The monoisotopic (exact) mass is 299 g/mol. The summed E-state index contributed by atoms with van der Waals surface area (Å²) in [5, 5.41) is 0. The SMILES string of the molecule is O=Cc1ccc(C2CC=CC[I-]2)cc1. The first-order valence-corrected chi connectivity index (χ1v) is 7.45. The summed E-state index contributed by atoms with van der Waals surface area (Å²) < 4.78 is 2.05. The third kappa shape index (κ3) is 2.23. The molecule has 0 spiro atoms. The predicted octanol–water partition coefficient (Wildman–Crippen LogP) is -0.411. The van der Waals surface area contributed by atoms with E-state index in [9.17, 15) is 4.79 Å². The molecule has 0 saturated carbocycles. The Morgan fingerprint density at radius 3 is 2.57 bits per heavy atom. The van der Waals surface area contributed by atoms with Gasteiger partial charge < -0.3 is 0 Å². The molecule has 1 nitrogen and oxygen atoms in total. The summed E-state index contributed by atoms with van der Waals surface area (Å²) in [5.41, 5.74) is 2.19. The van der Waals surface area contributed by atoms with E-state index in [0.29, 0.717) is 0 Å². The van der Waals surface area contributed by atoms with Crippen LogP contribution < -0.4 is 21.2 Å². The van der Waals surface area contributed by atoms with Crippen LogP contribution in [0, 0.1) is 0 Å². The summed E-state index contributed by atoms with van der Waals surface area (Å²) in [6.07, 6.45) is 6.67. The van der Waals surface area contributed by atoms with E-state index in [4.69, 9.17) is 0 Å². The number of hydrogen-bond donors (Lipinski definition) is 0. The van der Waals surface area contributed by atoms with Crippen LogP contribution in [0.5, 0.6) is 0 Å². The van der Waals surface area contributed by atoms with Gasteiger partial charge in [-0.25, -0.2) is 0 Å². The third-order valence-electron chi connectivity index (χ3n) is 2.31. The molecule has 2 rings (SSSR count). The molecule has 1 heterocycles. The predicted molar refractivity (Wildman–Crippen MR) is 53.2 cm³/mol. The Morgan fingerprint density at radius 2 is 2.00 bits per heavy atom. The first kappa shape index (κ1) is 9.90. The number of benzene rings is 1. The van der Waals surface area contributed by atoms with Crippen LogP contribution in [0.2, 0.25) is 0 Å². The Morgan fingerprint density at radius 1 is 1.21 bits per heavy atom. The summed E-state index contributed by atoms with van der Waals surface area (Å²) in [5.74, 6) is 0. The van der Waals surface area contributed by atoms with Crippen molar-refractivity contribution in [3.05, 3.63) is 47.5 Å². The second-order valence-corrected chi connectivity index (χ2v) is 6.53. The van der Waals surface area contributed by atoms with Gasteiger partial charge in [0.25, 0.3) is 0 Å². The molecule has 1 aromatic carbocycles. The van der Waals surface area contributed by atoms with E-state index < -0.39 is 0 Å². The first-order chi connectivity index (χ1) is 6.90. The van der Waals surface area contributed by atoms with Crippen molar-refractivity contribution in [1.29, 1.82) is 0 Å². The van der Waals surface area contributed by atoms with Gasteiger partial charge in [0.2, 0.25) is 0 Å². The molecule has 1 unspecified atom stereocenters. The van der Waals surface area contributed by atoms with Crippen LogP contribution in [0.3, 0.4) is 0 Å². The van der Waals surface area contributed by atoms with E-state index >= 15 is 0 Å². The van der Waals surface area contributed by atoms with Crippen molar-refractivity contribution in [3.8, 4) is 0 Å². The average molecular weight is 299 g/mol. The number of rotatable bonds is 2. The van der Waals surface area contributed by atoms with Crippen LogP contribution in [0.25, 0.3) is 0 Å². The van der Waals surface area contributed by atoms with Crippen molar-refractivity contribution in [1.82, 2.24) is 0 Å². The number of allylic oxidation sites excluding steroid dienone is 2. The minimum atomic E-state index is 0.281. The molecule has 74 valence electrons. The van der Waals surface area contributed by atoms with E-state index in [-0.39, 0.29) is 21.2 Å². The van der Waals surface area contributed by atoms with Crippen LogP contribution in [-0.2, 0) is 0 Å². The van der Waals surface area contributed by atoms with Crippen LogP contribution in [0.15, 0.2) is 36.4 Å². The molecule has 1 aromatic rings. The molecule has 0 amide bonds. The van der Waals surface area contributed by atoms with Crippen molar-refractivity contribution < 1.29 is 26.0 Å². The normalized spacial score (nSPS) is 21.3. The second-order valence-electron chi connectivity index (χ2n) is 3.27. The molecule has 1 atom stereocenters. The molecule has 1 aliphatic heterocycles. The zero-order chi connectivity index (χ0) is 9.80. The van der Waals surface area contributed by atoms with Crippen LogP contribution >= 0.6 is 0 Å². The summed E-state index contributed by atoms with van der Waals surface area (Å²) in [4.78, 5) is 10.5. The molecule has 0 bridgehead atoms. The minimum absolute atomic E-state index is 0.281. The van der Waals surface area contributed by atoms with E-state index in [1.165, 1.54) is 16.4 Å². The van der Waals surface area contributed by atoms with Crippen LogP contribution in [0.4, 0.5) is 0 Å². The Kier molecular flexibility index (Phi) is 3.35. The van der Waals surface area contributed by atoms with Gasteiger partial charge in [0.1, 0.15) is 0 Å². The molecule has 14 heavy (non-hydrogen) atoms. The van der Waals surface area contributed by atoms with Crippen LogP contribution in [-0.4, -0.2) is 10.7 Å². The van der Waals surface area contributed by atoms with E-state index in [0.717, 1.165) is 15.8 Å². The van der Waals surface area contributed by atoms with Gasteiger partial charge in [-0.2, -0.15) is 0 Å². The van der Waals surface area contributed by atoms with Gasteiger partial charge in [0, 0.05) is 0 Å². The van der Waals surface area contributed by atoms with Gasteiger partial charge in [-0.3, -0.25) is 0 Å². The Balaban J connectivity index is 2.15. The fourth-order valence-corrected chi connectivity index (χ4v) is 4.35. The quantitative estimate of drug-likeness (QED) is 0.314. The molecule has 0 N–H and O–H groups in total. The summed E-state index contributed by atoms with van der Waals surface area (Å²) in [7, 11) is 0. The second kappa shape index (κ2) is 4.73. The molecule has 2 heteroatoms. The third-order valence-corrected chi connectivity index (χ3v) is 5.62. The van der Waals surface area contributed by atoms with E-state index in [1.54, 1.807) is 0 Å². The number of carbonyl (C=O) groups excluding carboxylic acids is 1. The van der Waals surface area contributed by atoms with Crippen molar-refractivity contribution in [3.63, 3.8) is 0 Å². The van der Waals surface area contributed by atoms with E-state index in [1.807, 2.05) is 12.1 Å². The summed E-state index contributed by atoms with van der Waals surface area (Å²) >= 11 is 0.281. The zero-order valence-electron chi connectivity index (χ0n) is 7.82. The number of carbonyl (C=O) groups is 1. The van der Waals surface area contributed by atoms with Crippen molar-refractivity contribution in [2.75, 3.05) is 4.43 Å².